The lowest BCUT2D eigenvalue weighted by atomic mass is 9.91. The van der Waals surface area contributed by atoms with Crippen LogP contribution in [0.5, 0.6) is 0 Å². The van der Waals surface area contributed by atoms with E-state index in [0.29, 0.717) is 4.90 Å². The molecule has 1 aromatic rings. The van der Waals surface area contributed by atoms with Crippen LogP contribution >= 0.6 is 0 Å². The van der Waals surface area contributed by atoms with Crippen LogP contribution in [0.25, 0.3) is 0 Å². The number of nitrogens with one attached hydrogen (secondary N) is 3. The number of urea groups is 2. The van der Waals surface area contributed by atoms with E-state index < -0.39 is 47.6 Å². The highest BCUT2D eigenvalue weighted by atomic mass is 19.1. The van der Waals surface area contributed by atoms with Crippen molar-refractivity contribution in [2.24, 2.45) is 0 Å². The molecule has 1 aliphatic heterocycles. The molecule has 24 heavy (non-hydrogen) atoms. The smallest absolute Gasteiger partial charge is 0.325 e. The van der Waals surface area contributed by atoms with E-state index in [0.717, 1.165) is 18.2 Å². The standard InChI is InChI=1S/C14H14F2N4O4/c1-14(8-5-7(15)3-4-9(8)16)11(22)20(13(24)19-14)6-10(21)18-12(23)17-2/h3-5H,6H2,1-2H3,(H,19,24)(H2,17,18,21,23). The van der Waals surface area contributed by atoms with Gasteiger partial charge in [-0.2, -0.15) is 0 Å². The van der Waals surface area contributed by atoms with Crippen LogP contribution in [0.15, 0.2) is 18.2 Å². The zero-order chi connectivity index (χ0) is 18.1. The minimum atomic E-state index is -1.86. The average Bonchev–Trinajstić information content (AvgIpc) is 2.73. The van der Waals surface area contributed by atoms with Crippen molar-refractivity contribution >= 4 is 23.9 Å². The average molecular weight is 340 g/mol. The Morgan fingerprint density at radius 1 is 1.29 bits per heavy atom. The molecule has 2 rings (SSSR count). The Morgan fingerprint density at radius 2 is 1.96 bits per heavy atom. The first-order valence-electron chi connectivity index (χ1n) is 6.80. The van der Waals surface area contributed by atoms with Crippen LogP contribution in [-0.4, -0.2) is 42.4 Å². The number of hydrogen-bond acceptors (Lipinski definition) is 4. The van der Waals surface area contributed by atoms with Gasteiger partial charge >= 0.3 is 12.1 Å². The molecule has 1 aliphatic rings. The molecule has 10 heteroatoms. The lowest BCUT2D eigenvalue weighted by molar-refractivity contribution is -0.134. The summed E-state index contributed by atoms with van der Waals surface area (Å²) in [6.07, 6.45) is 0. The van der Waals surface area contributed by atoms with Gasteiger partial charge in [0, 0.05) is 12.6 Å². The number of carbonyl (C=O) groups excluding carboxylic acids is 4. The zero-order valence-corrected chi connectivity index (χ0v) is 12.8. The van der Waals surface area contributed by atoms with E-state index in [1.165, 1.54) is 14.0 Å². The Labute approximate surface area is 135 Å². The molecule has 1 fully saturated rings. The third-order valence-corrected chi connectivity index (χ3v) is 3.52. The van der Waals surface area contributed by atoms with Gasteiger partial charge in [0.1, 0.15) is 23.7 Å². The topological polar surface area (TPSA) is 108 Å². The molecular formula is C14H14F2N4O4. The van der Waals surface area contributed by atoms with Gasteiger partial charge < -0.3 is 10.6 Å². The van der Waals surface area contributed by atoms with Gasteiger partial charge in [0.05, 0.1) is 0 Å². The first kappa shape index (κ1) is 17.3. The summed E-state index contributed by atoms with van der Waals surface area (Å²) in [7, 11) is 1.28. The Kier molecular flexibility index (Phi) is 4.49. The van der Waals surface area contributed by atoms with Crippen LogP contribution in [0.4, 0.5) is 18.4 Å². The van der Waals surface area contributed by atoms with Crippen molar-refractivity contribution in [3.8, 4) is 0 Å². The summed E-state index contributed by atoms with van der Waals surface area (Å²) in [4.78, 5) is 47.6. The van der Waals surface area contributed by atoms with Gasteiger partial charge in [0.25, 0.3) is 5.91 Å². The molecule has 1 unspecified atom stereocenters. The predicted octanol–water partition coefficient (Wildman–Crippen LogP) is 0.187. The van der Waals surface area contributed by atoms with Gasteiger partial charge in [-0.3, -0.25) is 19.8 Å². The molecule has 0 radical (unpaired) electrons. The first-order valence-corrected chi connectivity index (χ1v) is 6.80. The Morgan fingerprint density at radius 3 is 2.58 bits per heavy atom. The summed E-state index contributed by atoms with van der Waals surface area (Å²) < 4.78 is 27.3. The number of nitrogens with zero attached hydrogens (tertiary/aromatic N) is 1. The van der Waals surface area contributed by atoms with Crippen LogP contribution in [0.2, 0.25) is 0 Å². The third-order valence-electron chi connectivity index (χ3n) is 3.52. The highest BCUT2D eigenvalue weighted by Gasteiger charge is 2.50. The number of halogens is 2. The van der Waals surface area contributed by atoms with E-state index in [9.17, 15) is 28.0 Å². The van der Waals surface area contributed by atoms with Gasteiger partial charge in [-0.05, 0) is 25.1 Å². The van der Waals surface area contributed by atoms with Crippen molar-refractivity contribution < 1.29 is 28.0 Å². The van der Waals surface area contributed by atoms with E-state index >= 15 is 0 Å². The quantitative estimate of drug-likeness (QED) is 0.683. The van der Waals surface area contributed by atoms with Crippen molar-refractivity contribution in [3.05, 3.63) is 35.4 Å². The van der Waals surface area contributed by atoms with Crippen LogP contribution in [-0.2, 0) is 15.1 Å². The summed E-state index contributed by atoms with van der Waals surface area (Å²) >= 11 is 0. The summed E-state index contributed by atoms with van der Waals surface area (Å²) in [5.74, 6) is -3.53. The van der Waals surface area contributed by atoms with E-state index in [1.807, 2.05) is 5.32 Å². The Balaban J connectivity index is 2.26. The largest absolute Gasteiger partial charge is 0.341 e. The molecule has 128 valence electrons. The maximum absolute atomic E-state index is 14.0. The summed E-state index contributed by atoms with van der Waals surface area (Å²) in [6, 6.07) is 0.722. The molecule has 1 saturated heterocycles. The SMILES string of the molecule is CNC(=O)NC(=O)CN1C(=O)NC(C)(c2cc(F)ccc2F)C1=O. The number of rotatable bonds is 3. The van der Waals surface area contributed by atoms with E-state index in [2.05, 4.69) is 10.6 Å². The number of hydrogen-bond donors (Lipinski definition) is 3. The Hall–Kier alpha value is -3.04. The maximum Gasteiger partial charge on any atom is 0.325 e. The number of benzene rings is 1. The lowest BCUT2D eigenvalue weighted by Gasteiger charge is -2.22. The van der Waals surface area contributed by atoms with Crippen molar-refractivity contribution in [2.75, 3.05) is 13.6 Å². The van der Waals surface area contributed by atoms with Crippen LogP contribution in [0.3, 0.4) is 0 Å². The molecule has 0 saturated carbocycles. The Bertz CT molecular complexity index is 739. The fraction of sp³-hybridized carbons (Fsp3) is 0.286. The monoisotopic (exact) mass is 340 g/mol. The molecule has 6 amide bonds. The van der Waals surface area contributed by atoms with E-state index in [4.69, 9.17) is 0 Å². The number of imide groups is 2. The minimum absolute atomic E-state index is 0.366. The van der Waals surface area contributed by atoms with Crippen molar-refractivity contribution in [3.63, 3.8) is 0 Å². The molecule has 1 heterocycles. The van der Waals surface area contributed by atoms with Gasteiger partial charge in [-0.1, -0.05) is 0 Å². The molecule has 0 aromatic heterocycles. The second-order valence-electron chi connectivity index (χ2n) is 5.20. The van der Waals surface area contributed by atoms with Gasteiger partial charge in [-0.15, -0.1) is 0 Å². The molecule has 0 aliphatic carbocycles. The third kappa shape index (κ3) is 3.03. The molecule has 1 atom stereocenters. The summed E-state index contributed by atoms with van der Waals surface area (Å²) in [5.41, 5.74) is -2.23. The second-order valence-corrected chi connectivity index (χ2v) is 5.20. The zero-order valence-electron chi connectivity index (χ0n) is 12.8. The summed E-state index contributed by atoms with van der Waals surface area (Å²) in [5, 5.41) is 6.26. The predicted molar refractivity (Wildman–Crippen MR) is 76.6 cm³/mol. The lowest BCUT2D eigenvalue weighted by Crippen LogP contribution is -2.46. The van der Waals surface area contributed by atoms with Crippen LogP contribution in [0.1, 0.15) is 12.5 Å². The van der Waals surface area contributed by atoms with Crippen molar-refractivity contribution in [1.29, 1.82) is 0 Å². The van der Waals surface area contributed by atoms with Gasteiger partial charge in [0.15, 0.2) is 0 Å². The highest BCUT2D eigenvalue weighted by Crippen LogP contribution is 2.31. The molecular weight excluding hydrogens is 326 g/mol. The molecule has 0 bridgehead atoms. The van der Waals surface area contributed by atoms with Crippen molar-refractivity contribution in [1.82, 2.24) is 20.9 Å². The van der Waals surface area contributed by atoms with Gasteiger partial charge in [-0.25, -0.2) is 18.4 Å². The molecule has 8 nitrogen and oxygen atoms in total. The van der Waals surface area contributed by atoms with E-state index in [-0.39, 0.29) is 5.56 Å². The number of carbonyl (C=O) groups is 4. The fourth-order valence-corrected chi connectivity index (χ4v) is 2.28. The minimum Gasteiger partial charge on any atom is -0.341 e. The summed E-state index contributed by atoms with van der Waals surface area (Å²) in [6.45, 7) is 0.451. The molecule has 0 spiro atoms. The van der Waals surface area contributed by atoms with Crippen molar-refractivity contribution in [2.45, 2.75) is 12.5 Å². The molecule has 3 N–H and O–H groups in total. The molecule has 1 aromatic carbocycles. The maximum atomic E-state index is 14.0. The van der Waals surface area contributed by atoms with E-state index in [1.54, 1.807) is 0 Å². The second kappa shape index (κ2) is 6.22. The first-order chi connectivity index (χ1) is 11.2. The van der Waals surface area contributed by atoms with Gasteiger partial charge in [0.2, 0.25) is 5.91 Å². The fourth-order valence-electron chi connectivity index (χ4n) is 2.28. The number of amides is 6. The van der Waals surface area contributed by atoms with Crippen LogP contribution in [0, 0.1) is 11.6 Å². The van der Waals surface area contributed by atoms with Crippen LogP contribution < -0.4 is 16.0 Å². The highest BCUT2D eigenvalue weighted by molar-refractivity contribution is 6.10. The normalized spacial score (nSPS) is 19.9.